The highest BCUT2D eigenvalue weighted by atomic mass is 32.2. The lowest BCUT2D eigenvalue weighted by molar-refractivity contribution is -0.219. The first-order valence-corrected chi connectivity index (χ1v) is 24.2. The number of aromatic nitrogens is 4. The number of anilines is 2. The van der Waals surface area contributed by atoms with Crippen LogP contribution in [0.5, 0.6) is 0 Å². The van der Waals surface area contributed by atoms with Gasteiger partial charge < -0.3 is 36.6 Å². The Kier molecular flexibility index (Phi) is 13.8. The maximum Gasteiger partial charge on any atom is 0.326 e. The number of benzene rings is 1. The first kappa shape index (κ1) is 47.3. The minimum atomic E-state index is -2.03. The van der Waals surface area contributed by atoms with Crippen molar-refractivity contribution in [2.45, 2.75) is 96.2 Å². The van der Waals surface area contributed by atoms with Crippen LogP contribution in [0.25, 0.3) is 11.2 Å². The molecule has 0 aliphatic heterocycles. The molecule has 0 bridgehead atoms. The van der Waals surface area contributed by atoms with Gasteiger partial charge in [-0.3, -0.25) is 14.4 Å². The number of carboxylic acid groups (broad SMARTS) is 1. The van der Waals surface area contributed by atoms with Gasteiger partial charge in [-0.2, -0.15) is 23.5 Å². The molecule has 0 radical (unpaired) electrons. The molecule has 3 fully saturated rings. The summed E-state index contributed by atoms with van der Waals surface area (Å²) in [6.45, 7) is 7.90. The van der Waals surface area contributed by atoms with E-state index < -0.39 is 63.9 Å². The highest BCUT2D eigenvalue weighted by Gasteiger charge is 2.75. The second kappa shape index (κ2) is 18.7. The number of halogens is 1. The van der Waals surface area contributed by atoms with Crippen LogP contribution in [0.1, 0.15) is 81.2 Å². The Morgan fingerprint density at radius 2 is 1.78 bits per heavy atom. The molecule has 344 valence electrons. The molecule has 7 N–H and O–H groups in total. The number of ketones is 1. The molecule has 15 nitrogen and oxygen atoms in total. The average molecular weight is 919 g/mol. The van der Waals surface area contributed by atoms with Crippen LogP contribution in [0.2, 0.25) is 0 Å². The van der Waals surface area contributed by atoms with Gasteiger partial charge in [0.2, 0.25) is 0 Å². The Labute approximate surface area is 381 Å². The molecular formula is C46H59FN8O7S2. The number of amides is 2. The fourth-order valence-corrected chi connectivity index (χ4v) is 12.9. The molecule has 1 unspecified atom stereocenters. The van der Waals surface area contributed by atoms with Crippen molar-refractivity contribution in [3.05, 3.63) is 71.3 Å². The summed E-state index contributed by atoms with van der Waals surface area (Å²) in [6.07, 6.45) is 7.15. The molecule has 18 heteroatoms. The van der Waals surface area contributed by atoms with E-state index in [2.05, 4.69) is 30.6 Å². The first-order valence-electron chi connectivity index (χ1n) is 21.9. The Hall–Kier alpha value is -4.65. The van der Waals surface area contributed by atoms with Gasteiger partial charge in [0, 0.05) is 47.3 Å². The zero-order valence-corrected chi connectivity index (χ0v) is 38.6. The lowest BCUT2D eigenvalue weighted by Gasteiger charge is -2.62. The molecule has 3 saturated carbocycles. The predicted octanol–water partition coefficient (Wildman–Crippen LogP) is 4.84. The summed E-state index contributed by atoms with van der Waals surface area (Å²) in [5.41, 5.74) is 3.40. The number of aliphatic hydroxyl groups is 2. The number of thioether (sulfide) groups is 2. The summed E-state index contributed by atoms with van der Waals surface area (Å²) < 4.78 is 17.5. The van der Waals surface area contributed by atoms with Crippen molar-refractivity contribution >= 4 is 69.8 Å². The molecular weight excluding hydrogens is 860 g/mol. The molecule has 7 rings (SSSR count). The number of aryl methyl sites for hydroxylation is 1. The van der Waals surface area contributed by atoms with Gasteiger partial charge in [-0.25, -0.2) is 29.1 Å². The number of carbonyl (C=O) groups excluding carboxylic acids is 3. The fraction of sp³-hybridized carbons (Fsp3) is 0.565. The van der Waals surface area contributed by atoms with Crippen LogP contribution >= 0.6 is 23.5 Å². The molecule has 3 aromatic rings. The maximum absolute atomic E-state index is 17.5. The number of fused-ring (bicyclic) bond motifs is 6. The number of nitrogen functional groups attached to an aromatic ring is 1. The monoisotopic (exact) mass is 918 g/mol. The largest absolute Gasteiger partial charge is 0.480 e. The number of allylic oxidation sites excluding steroid dienone is 4. The third-order valence-electron chi connectivity index (χ3n) is 14.4. The number of alkyl halides is 1. The highest BCUT2D eigenvalue weighted by Crippen LogP contribution is 2.70. The van der Waals surface area contributed by atoms with Gasteiger partial charge in [-0.1, -0.05) is 25.5 Å². The first-order chi connectivity index (χ1) is 30.3. The number of hydrogen-bond acceptors (Lipinski definition) is 14. The van der Waals surface area contributed by atoms with E-state index in [1.165, 1.54) is 12.2 Å². The Bertz CT molecular complexity index is 2360. The minimum absolute atomic E-state index is 0.0684. The van der Waals surface area contributed by atoms with Crippen LogP contribution in [0, 0.1) is 35.5 Å². The van der Waals surface area contributed by atoms with Gasteiger partial charge in [0.1, 0.15) is 11.9 Å². The van der Waals surface area contributed by atoms with E-state index in [0.29, 0.717) is 77.7 Å². The van der Waals surface area contributed by atoms with Crippen molar-refractivity contribution in [2.75, 3.05) is 47.2 Å². The average Bonchev–Trinajstić information content (AvgIpc) is 3.45. The number of carbonyl (C=O) groups is 4. The van der Waals surface area contributed by atoms with Gasteiger partial charge >= 0.3 is 5.97 Å². The minimum Gasteiger partial charge on any atom is -0.480 e. The lowest BCUT2D eigenvalue weighted by atomic mass is 9.44. The van der Waals surface area contributed by atoms with Gasteiger partial charge in [0.15, 0.2) is 34.0 Å². The van der Waals surface area contributed by atoms with E-state index >= 15 is 4.39 Å². The van der Waals surface area contributed by atoms with E-state index in [-0.39, 0.29) is 30.4 Å². The number of carboxylic acids is 1. The van der Waals surface area contributed by atoms with Gasteiger partial charge in [0.25, 0.3) is 11.8 Å². The molecule has 64 heavy (non-hydrogen) atoms. The number of nitrogens with zero attached hydrogens (tertiary/aromatic N) is 5. The van der Waals surface area contributed by atoms with Crippen LogP contribution < -0.4 is 21.3 Å². The molecule has 2 aromatic heterocycles. The van der Waals surface area contributed by atoms with Crippen molar-refractivity contribution in [2.24, 2.45) is 28.6 Å². The Morgan fingerprint density at radius 1 is 1.06 bits per heavy atom. The van der Waals surface area contributed by atoms with Gasteiger partial charge in [-0.05, 0) is 118 Å². The topological polar surface area (TPSA) is 234 Å². The van der Waals surface area contributed by atoms with Crippen LogP contribution in [0.3, 0.4) is 0 Å². The van der Waals surface area contributed by atoms with Crippen molar-refractivity contribution in [3.8, 4) is 0 Å². The lowest BCUT2D eigenvalue weighted by Crippen LogP contribution is -2.70. The molecule has 0 spiro atoms. The summed E-state index contributed by atoms with van der Waals surface area (Å²) in [4.78, 5) is 70.3. The summed E-state index contributed by atoms with van der Waals surface area (Å²) in [5.74, 6) is -0.0739. The van der Waals surface area contributed by atoms with Crippen LogP contribution in [-0.4, -0.2) is 119 Å². The standard InChI is InChI=1S/C46H59FN8O7S2/c1-26-21-34-33-12-9-29-22-32(56)13-15-43(29,3)45(33,47)36(57)23-44(34,4)46(26,62)42(61)49-16-20-64-18-6-17-63-19-14-35(41(59)60)54-40(58)28-7-10-31(11-8-28)55(5)25-30-24-50-39-37(53-30)38(48)51-27(2)52-39/h7-8,10-11,13,15,22,24,26,33-36,57,62H,6,9,12,14,16-21,23,25H2,1-5H3,(H,49,61)(H,54,58)(H,59,60)(H2,48,50,51,52)/t26-,33?,34+,35+,36+,43+,44+,45+,46+/m1/s1. The van der Waals surface area contributed by atoms with E-state index in [4.69, 9.17) is 5.73 Å². The van der Waals surface area contributed by atoms with E-state index in [9.17, 15) is 34.5 Å². The second-order valence-electron chi connectivity index (χ2n) is 18.2. The number of rotatable bonds is 17. The molecule has 1 aromatic carbocycles. The van der Waals surface area contributed by atoms with Crippen molar-refractivity contribution in [3.63, 3.8) is 0 Å². The third kappa shape index (κ3) is 8.62. The normalized spacial score (nSPS) is 29.9. The quantitative estimate of drug-likeness (QED) is 0.0995. The molecule has 0 saturated heterocycles. The molecule has 2 heterocycles. The summed E-state index contributed by atoms with van der Waals surface area (Å²) in [7, 11) is 1.87. The van der Waals surface area contributed by atoms with Crippen molar-refractivity contribution < 1.29 is 38.9 Å². The van der Waals surface area contributed by atoms with Crippen LogP contribution in [0.4, 0.5) is 15.9 Å². The Balaban J connectivity index is 0.805. The fourth-order valence-electron chi connectivity index (χ4n) is 10.9. The Morgan fingerprint density at radius 3 is 2.50 bits per heavy atom. The van der Waals surface area contributed by atoms with Gasteiger partial charge in [-0.15, -0.1) is 0 Å². The smallest absolute Gasteiger partial charge is 0.326 e. The zero-order valence-electron chi connectivity index (χ0n) is 37.0. The molecule has 9 atom stereocenters. The SMILES string of the molecule is Cc1nc(N)c2nc(CN(C)c3ccc(C(=O)N[C@@H](CCSCCCSCCNC(=O)[C@@]4(O)[C@H](C)C[C@H]5C6CCC7=CC(=O)C=C[C@]7(C)[C@@]6(F)[C@@H](O)C[C@@]54C)C(=O)O)cc3)cnc2n1. The van der Waals surface area contributed by atoms with Crippen LogP contribution in [0.15, 0.2) is 54.3 Å². The van der Waals surface area contributed by atoms with E-state index in [1.54, 1.807) is 73.9 Å². The summed E-state index contributed by atoms with van der Waals surface area (Å²) >= 11 is 3.27. The number of hydrogen-bond donors (Lipinski definition) is 6. The maximum atomic E-state index is 17.5. The molecule has 4 aliphatic rings. The number of nitrogens with two attached hydrogens (primary N) is 1. The number of aliphatic carboxylic acids is 1. The van der Waals surface area contributed by atoms with Crippen molar-refractivity contribution in [1.82, 2.24) is 30.6 Å². The molecule has 2 amide bonds. The zero-order chi connectivity index (χ0) is 46.2. The summed E-state index contributed by atoms with van der Waals surface area (Å²) in [6, 6.07) is 5.80. The van der Waals surface area contributed by atoms with Gasteiger partial charge in [0.05, 0.1) is 24.5 Å². The highest BCUT2D eigenvalue weighted by molar-refractivity contribution is 8.00. The predicted molar refractivity (Wildman–Crippen MR) is 246 cm³/mol. The second-order valence-corrected chi connectivity index (χ2v) is 20.7. The van der Waals surface area contributed by atoms with E-state index in [0.717, 1.165) is 23.6 Å². The number of nitrogens with one attached hydrogen (secondary N) is 2. The van der Waals surface area contributed by atoms with Crippen LogP contribution in [-0.2, 0) is 20.9 Å². The van der Waals surface area contributed by atoms with Crippen molar-refractivity contribution in [1.29, 1.82) is 0 Å². The summed E-state index contributed by atoms with van der Waals surface area (Å²) in [5, 5.41) is 39.2. The van der Waals surface area contributed by atoms with E-state index in [1.807, 2.05) is 25.8 Å². The third-order valence-corrected chi connectivity index (χ3v) is 16.6. The number of aliphatic hydroxyl groups excluding tert-OH is 1. The molecule has 4 aliphatic carbocycles.